The van der Waals surface area contributed by atoms with Crippen molar-refractivity contribution in [3.63, 3.8) is 0 Å². The van der Waals surface area contributed by atoms with Crippen LogP contribution in [0.2, 0.25) is 0 Å². The van der Waals surface area contributed by atoms with Gasteiger partial charge in [0.15, 0.2) is 0 Å². The van der Waals surface area contributed by atoms with Crippen molar-refractivity contribution in [2.45, 2.75) is 40.2 Å². The summed E-state index contributed by atoms with van der Waals surface area (Å²) >= 11 is 0. The minimum absolute atomic E-state index is 0.114. The SMILES string of the molecule is COC(=O)CCc1c(C)nn(-c2ccc(C(=O)NCc3ccccc3C)cc2)c1C. The van der Waals surface area contributed by atoms with E-state index < -0.39 is 0 Å². The van der Waals surface area contributed by atoms with Crippen LogP contribution in [0.15, 0.2) is 48.5 Å². The van der Waals surface area contributed by atoms with Gasteiger partial charge in [0.05, 0.1) is 18.5 Å². The predicted octanol–water partition coefficient (Wildman–Crippen LogP) is 3.83. The van der Waals surface area contributed by atoms with Gasteiger partial charge in [0.25, 0.3) is 5.91 Å². The van der Waals surface area contributed by atoms with Crippen LogP contribution in [0.1, 0.15) is 44.9 Å². The molecule has 30 heavy (non-hydrogen) atoms. The predicted molar refractivity (Wildman–Crippen MR) is 116 cm³/mol. The van der Waals surface area contributed by atoms with Crippen LogP contribution in [0.5, 0.6) is 0 Å². The number of aryl methyl sites for hydroxylation is 2. The number of esters is 1. The van der Waals surface area contributed by atoms with Gasteiger partial charge >= 0.3 is 5.97 Å². The van der Waals surface area contributed by atoms with Crippen molar-refractivity contribution in [1.29, 1.82) is 0 Å². The van der Waals surface area contributed by atoms with Gasteiger partial charge in [0.1, 0.15) is 0 Å². The summed E-state index contributed by atoms with van der Waals surface area (Å²) in [5, 5.41) is 7.58. The highest BCUT2D eigenvalue weighted by atomic mass is 16.5. The maximum atomic E-state index is 12.5. The molecule has 6 heteroatoms. The first-order valence-corrected chi connectivity index (χ1v) is 9.95. The number of carbonyl (C=O) groups is 2. The van der Waals surface area contributed by atoms with Gasteiger partial charge in [-0.05, 0) is 68.1 Å². The Morgan fingerprint density at radius 3 is 2.40 bits per heavy atom. The molecule has 3 aromatic rings. The van der Waals surface area contributed by atoms with Crippen LogP contribution in [0.3, 0.4) is 0 Å². The highest BCUT2D eigenvalue weighted by molar-refractivity contribution is 5.94. The number of amides is 1. The van der Waals surface area contributed by atoms with Crippen LogP contribution in [0.4, 0.5) is 0 Å². The van der Waals surface area contributed by atoms with Crippen LogP contribution < -0.4 is 5.32 Å². The van der Waals surface area contributed by atoms with Gasteiger partial charge in [-0.2, -0.15) is 5.10 Å². The molecule has 0 unspecified atom stereocenters. The van der Waals surface area contributed by atoms with E-state index in [-0.39, 0.29) is 11.9 Å². The van der Waals surface area contributed by atoms with Gasteiger partial charge in [-0.15, -0.1) is 0 Å². The second-order valence-electron chi connectivity index (χ2n) is 7.29. The molecule has 0 aliphatic carbocycles. The molecule has 3 rings (SSSR count). The van der Waals surface area contributed by atoms with Crippen molar-refractivity contribution in [3.05, 3.63) is 82.2 Å². The summed E-state index contributed by atoms with van der Waals surface area (Å²) in [4.78, 5) is 24.0. The number of hydrogen-bond donors (Lipinski definition) is 1. The standard InChI is InChI=1S/C24H27N3O3/c1-16-7-5-6-8-20(16)15-25-24(29)19-9-11-21(12-10-19)27-18(3)22(17(2)26-27)13-14-23(28)30-4/h5-12H,13-15H2,1-4H3,(H,25,29). The van der Waals surface area contributed by atoms with E-state index in [1.54, 1.807) is 12.1 Å². The molecule has 1 amide bonds. The largest absolute Gasteiger partial charge is 0.469 e. The lowest BCUT2D eigenvalue weighted by Gasteiger charge is -2.09. The molecule has 0 bridgehead atoms. The van der Waals surface area contributed by atoms with E-state index in [9.17, 15) is 9.59 Å². The average molecular weight is 405 g/mol. The van der Waals surface area contributed by atoms with E-state index in [2.05, 4.69) is 10.4 Å². The summed E-state index contributed by atoms with van der Waals surface area (Å²) in [7, 11) is 1.39. The Morgan fingerprint density at radius 1 is 1.03 bits per heavy atom. The van der Waals surface area contributed by atoms with Crippen molar-refractivity contribution >= 4 is 11.9 Å². The Balaban J connectivity index is 1.70. The quantitative estimate of drug-likeness (QED) is 0.606. The van der Waals surface area contributed by atoms with Gasteiger partial charge in [-0.25, -0.2) is 4.68 Å². The molecule has 0 aliphatic rings. The highest BCUT2D eigenvalue weighted by Crippen LogP contribution is 2.20. The third kappa shape index (κ3) is 4.76. The molecule has 1 N–H and O–H groups in total. The molecule has 1 heterocycles. The smallest absolute Gasteiger partial charge is 0.305 e. The Kier molecular flexibility index (Phi) is 6.67. The Labute approximate surface area is 176 Å². The summed E-state index contributed by atoms with van der Waals surface area (Å²) in [5.41, 5.74) is 6.63. The summed E-state index contributed by atoms with van der Waals surface area (Å²) in [6.07, 6.45) is 0.910. The van der Waals surface area contributed by atoms with Crippen LogP contribution in [-0.4, -0.2) is 28.8 Å². The third-order valence-electron chi connectivity index (χ3n) is 5.32. The van der Waals surface area contributed by atoms with Gasteiger partial charge in [0.2, 0.25) is 0 Å². The fourth-order valence-corrected chi connectivity index (χ4v) is 3.46. The lowest BCUT2D eigenvalue weighted by Crippen LogP contribution is -2.23. The molecule has 1 aromatic heterocycles. The molecule has 0 fully saturated rings. The van der Waals surface area contributed by atoms with E-state index in [0.717, 1.165) is 33.8 Å². The molecule has 0 spiro atoms. The highest BCUT2D eigenvalue weighted by Gasteiger charge is 2.15. The fraction of sp³-hybridized carbons (Fsp3) is 0.292. The zero-order valence-corrected chi connectivity index (χ0v) is 17.9. The van der Waals surface area contributed by atoms with Crippen LogP contribution in [0.25, 0.3) is 5.69 Å². The molecule has 0 saturated heterocycles. The number of ether oxygens (including phenoxy) is 1. The summed E-state index contributed by atoms with van der Waals surface area (Å²) in [5.74, 6) is -0.348. The molecular formula is C24H27N3O3. The first-order valence-electron chi connectivity index (χ1n) is 9.95. The number of rotatable bonds is 7. The lowest BCUT2D eigenvalue weighted by atomic mass is 10.1. The zero-order valence-electron chi connectivity index (χ0n) is 17.9. The number of nitrogens with one attached hydrogen (secondary N) is 1. The molecule has 0 radical (unpaired) electrons. The maximum absolute atomic E-state index is 12.5. The zero-order chi connectivity index (χ0) is 21.7. The van der Waals surface area contributed by atoms with Gasteiger partial charge < -0.3 is 10.1 Å². The van der Waals surface area contributed by atoms with Gasteiger partial charge in [0, 0.05) is 24.2 Å². The van der Waals surface area contributed by atoms with Gasteiger partial charge in [-0.1, -0.05) is 24.3 Å². The minimum Gasteiger partial charge on any atom is -0.469 e. The lowest BCUT2D eigenvalue weighted by molar-refractivity contribution is -0.140. The fourth-order valence-electron chi connectivity index (χ4n) is 3.46. The molecule has 0 atom stereocenters. The number of carbonyl (C=O) groups excluding carboxylic acids is 2. The number of aromatic nitrogens is 2. The topological polar surface area (TPSA) is 73.2 Å². The van der Waals surface area contributed by atoms with Crippen LogP contribution in [0, 0.1) is 20.8 Å². The monoisotopic (exact) mass is 405 g/mol. The second kappa shape index (κ2) is 9.39. The Bertz CT molecular complexity index is 1050. The maximum Gasteiger partial charge on any atom is 0.305 e. The Hall–Kier alpha value is -3.41. The van der Waals surface area contributed by atoms with E-state index in [0.29, 0.717) is 24.9 Å². The van der Waals surface area contributed by atoms with Crippen molar-refractivity contribution < 1.29 is 14.3 Å². The summed E-state index contributed by atoms with van der Waals surface area (Å²) < 4.78 is 6.57. The minimum atomic E-state index is -0.234. The average Bonchev–Trinajstić information content (AvgIpc) is 3.04. The summed E-state index contributed by atoms with van der Waals surface area (Å²) in [6, 6.07) is 15.4. The number of nitrogens with zero attached hydrogens (tertiary/aromatic N) is 2. The normalized spacial score (nSPS) is 10.7. The third-order valence-corrected chi connectivity index (χ3v) is 5.32. The van der Waals surface area contributed by atoms with E-state index in [4.69, 9.17) is 4.74 Å². The molecule has 0 saturated carbocycles. The molecule has 156 valence electrons. The van der Waals surface area contributed by atoms with Crippen LogP contribution in [-0.2, 0) is 22.5 Å². The summed E-state index contributed by atoms with van der Waals surface area (Å²) in [6.45, 7) is 6.44. The van der Waals surface area contributed by atoms with Crippen molar-refractivity contribution in [3.8, 4) is 5.69 Å². The first-order chi connectivity index (χ1) is 14.4. The van der Waals surface area contributed by atoms with E-state index in [1.165, 1.54) is 7.11 Å². The molecular weight excluding hydrogens is 378 g/mol. The first kappa shape index (κ1) is 21.3. The molecule has 0 aliphatic heterocycles. The van der Waals surface area contributed by atoms with Crippen molar-refractivity contribution in [2.24, 2.45) is 0 Å². The molecule has 2 aromatic carbocycles. The van der Waals surface area contributed by atoms with Crippen molar-refractivity contribution in [2.75, 3.05) is 7.11 Å². The second-order valence-corrected chi connectivity index (χ2v) is 7.29. The molecule has 6 nitrogen and oxygen atoms in total. The van der Waals surface area contributed by atoms with E-state index in [1.807, 2.05) is 61.9 Å². The number of methoxy groups -OCH3 is 1. The number of hydrogen-bond acceptors (Lipinski definition) is 4. The van der Waals surface area contributed by atoms with E-state index >= 15 is 0 Å². The van der Waals surface area contributed by atoms with Crippen LogP contribution >= 0.6 is 0 Å². The Morgan fingerprint density at radius 2 is 1.73 bits per heavy atom. The van der Waals surface area contributed by atoms with Gasteiger partial charge in [-0.3, -0.25) is 9.59 Å². The number of benzene rings is 2. The van der Waals surface area contributed by atoms with Crippen molar-refractivity contribution in [1.82, 2.24) is 15.1 Å².